The number of thioether (sulfide) groups is 1. The van der Waals surface area contributed by atoms with Gasteiger partial charge in [0.25, 0.3) is 5.91 Å². The lowest BCUT2D eigenvalue weighted by Crippen LogP contribution is -2.20. The fourth-order valence-electron chi connectivity index (χ4n) is 4.63. The van der Waals surface area contributed by atoms with Crippen molar-refractivity contribution < 1.29 is 9.53 Å². The molecule has 0 spiro atoms. The number of rotatable bonds is 8. The third-order valence-electron chi connectivity index (χ3n) is 6.59. The number of hydrazone groups is 1. The number of nitrogens with zero attached hydrogens (tertiary/aromatic N) is 4. The van der Waals surface area contributed by atoms with Gasteiger partial charge in [0.1, 0.15) is 5.75 Å². The number of carbonyl (C=O) groups excluding carboxylic acids is 1. The van der Waals surface area contributed by atoms with Gasteiger partial charge in [0, 0.05) is 21.8 Å². The van der Waals surface area contributed by atoms with E-state index in [1.807, 2.05) is 77.4 Å². The van der Waals surface area contributed by atoms with Gasteiger partial charge < -0.3 is 4.74 Å². The summed E-state index contributed by atoms with van der Waals surface area (Å²) in [6.07, 6.45) is 1.71. The first-order valence-corrected chi connectivity index (χ1v) is 14.2. The Morgan fingerprint density at radius 2 is 1.59 bits per heavy atom. The number of ether oxygens (including phenoxy) is 1. The molecule has 5 aromatic carbocycles. The number of carbonyl (C=O) groups is 1. The van der Waals surface area contributed by atoms with Crippen LogP contribution in [0.5, 0.6) is 5.75 Å². The maximum absolute atomic E-state index is 12.8. The molecule has 0 saturated carbocycles. The van der Waals surface area contributed by atoms with Gasteiger partial charge in [0.2, 0.25) is 0 Å². The Kier molecular flexibility index (Phi) is 7.67. The van der Waals surface area contributed by atoms with E-state index in [2.05, 4.69) is 51.1 Å². The normalized spacial score (nSPS) is 11.4. The zero-order valence-electron chi connectivity index (χ0n) is 22.0. The maximum atomic E-state index is 12.8. The number of benzene rings is 5. The van der Waals surface area contributed by atoms with Crippen molar-refractivity contribution in [2.75, 3.05) is 12.9 Å². The highest BCUT2D eigenvalue weighted by Crippen LogP contribution is 2.30. The number of halogens is 1. The highest BCUT2D eigenvalue weighted by molar-refractivity contribution is 7.99. The van der Waals surface area contributed by atoms with E-state index in [4.69, 9.17) is 16.3 Å². The molecule has 1 N–H and O–H groups in total. The van der Waals surface area contributed by atoms with Crippen molar-refractivity contribution in [2.24, 2.45) is 5.10 Å². The lowest BCUT2D eigenvalue weighted by atomic mass is 9.97. The zero-order valence-corrected chi connectivity index (χ0v) is 23.6. The van der Waals surface area contributed by atoms with Gasteiger partial charge in [-0.05, 0) is 76.1 Å². The van der Waals surface area contributed by atoms with Gasteiger partial charge in [0.15, 0.2) is 11.0 Å². The molecule has 0 saturated heterocycles. The van der Waals surface area contributed by atoms with Crippen LogP contribution in [0.4, 0.5) is 0 Å². The first-order chi connectivity index (χ1) is 20.1. The average Bonchev–Trinajstić information content (AvgIpc) is 3.44. The minimum Gasteiger partial charge on any atom is -0.497 e. The molecule has 202 valence electrons. The van der Waals surface area contributed by atoms with E-state index >= 15 is 0 Å². The first-order valence-electron chi connectivity index (χ1n) is 12.8. The molecule has 9 heteroatoms. The minimum atomic E-state index is -0.257. The molecule has 7 nitrogen and oxygen atoms in total. The summed E-state index contributed by atoms with van der Waals surface area (Å²) in [5.74, 6) is 1.22. The van der Waals surface area contributed by atoms with Crippen molar-refractivity contribution in [3.8, 4) is 22.8 Å². The second kappa shape index (κ2) is 11.8. The van der Waals surface area contributed by atoms with Crippen molar-refractivity contribution in [1.82, 2.24) is 20.2 Å². The summed E-state index contributed by atoms with van der Waals surface area (Å²) in [7, 11) is 1.62. The van der Waals surface area contributed by atoms with Crippen molar-refractivity contribution in [1.29, 1.82) is 0 Å². The van der Waals surface area contributed by atoms with Crippen LogP contribution >= 0.6 is 23.4 Å². The second-order valence-electron chi connectivity index (χ2n) is 9.16. The number of amides is 1. The van der Waals surface area contributed by atoms with Gasteiger partial charge in [-0.3, -0.25) is 9.36 Å². The van der Waals surface area contributed by atoms with E-state index in [0.717, 1.165) is 44.1 Å². The van der Waals surface area contributed by atoms with Crippen LogP contribution in [0.1, 0.15) is 5.56 Å². The van der Waals surface area contributed by atoms with Crippen molar-refractivity contribution in [3.63, 3.8) is 0 Å². The molecule has 0 aliphatic heterocycles. The Morgan fingerprint density at radius 1 is 0.927 bits per heavy atom. The van der Waals surface area contributed by atoms with E-state index in [1.165, 1.54) is 11.8 Å². The lowest BCUT2D eigenvalue weighted by Gasteiger charge is -2.11. The largest absolute Gasteiger partial charge is 0.497 e. The third kappa shape index (κ3) is 5.66. The smallest absolute Gasteiger partial charge is 0.250 e. The lowest BCUT2D eigenvalue weighted by molar-refractivity contribution is -0.118. The molecule has 0 unspecified atom stereocenters. The van der Waals surface area contributed by atoms with Crippen LogP contribution in [0.15, 0.2) is 113 Å². The van der Waals surface area contributed by atoms with Crippen molar-refractivity contribution in [3.05, 3.63) is 114 Å². The number of methoxy groups -OCH3 is 1. The molecular formula is C32H24ClN5O2S. The van der Waals surface area contributed by atoms with Gasteiger partial charge in [-0.25, -0.2) is 5.43 Å². The van der Waals surface area contributed by atoms with E-state index in [-0.39, 0.29) is 11.7 Å². The number of hydrogen-bond donors (Lipinski definition) is 1. The highest BCUT2D eigenvalue weighted by Gasteiger charge is 2.17. The molecule has 1 aromatic heterocycles. The Labute approximate surface area is 245 Å². The van der Waals surface area contributed by atoms with Crippen LogP contribution in [-0.4, -0.2) is 39.7 Å². The predicted octanol–water partition coefficient (Wildman–Crippen LogP) is 7.15. The Bertz CT molecular complexity index is 1830. The van der Waals surface area contributed by atoms with E-state index in [1.54, 1.807) is 13.3 Å². The van der Waals surface area contributed by atoms with Crippen LogP contribution in [-0.2, 0) is 4.79 Å². The summed E-state index contributed by atoms with van der Waals surface area (Å²) < 4.78 is 7.19. The van der Waals surface area contributed by atoms with Gasteiger partial charge in [0.05, 0.1) is 19.1 Å². The molecule has 6 rings (SSSR count). The average molecular weight is 578 g/mol. The van der Waals surface area contributed by atoms with Crippen molar-refractivity contribution >= 4 is 57.0 Å². The van der Waals surface area contributed by atoms with Crippen LogP contribution in [0.2, 0.25) is 5.02 Å². The summed E-state index contributed by atoms with van der Waals surface area (Å²) >= 11 is 7.41. The summed E-state index contributed by atoms with van der Waals surface area (Å²) in [4.78, 5) is 12.8. The summed E-state index contributed by atoms with van der Waals surface area (Å²) in [5.41, 5.74) is 5.31. The minimum absolute atomic E-state index is 0.0992. The number of hydrogen-bond acceptors (Lipinski definition) is 6. The standard InChI is InChI=1S/C32H24ClN5O2S/c1-40-26-16-10-21(11-17-26)31-36-37-32(38(31)25-14-12-24(33)13-15-25)41-20-30(39)35-34-19-29-27-8-4-2-6-22(27)18-23-7-3-5-9-28(23)29/h2-19H,20H2,1H3,(H,35,39)/b34-19+. The number of fused-ring (bicyclic) bond motifs is 2. The molecule has 6 aromatic rings. The third-order valence-corrected chi connectivity index (χ3v) is 7.78. The molecular weight excluding hydrogens is 554 g/mol. The van der Waals surface area contributed by atoms with E-state index in [0.29, 0.717) is 16.0 Å². The first kappa shape index (κ1) is 26.6. The Balaban J connectivity index is 1.23. The molecule has 0 radical (unpaired) electrons. The van der Waals surface area contributed by atoms with Gasteiger partial charge in [-0.15, -0.1) is 10.2 Å². The van der Waals surface area contributed by atoms with Crippen molar-refractivity contribution in [2.45, 2.75) is 5.16 Å². The highest BCUT2D eigenvalue weighted by atomic mass is 35.5. The van der Waals surface area contributed by atoms with E-state index < -0.39 is 0 Å². The van der Waals surface area contributed by atoms with Crippen LogP contribution < -0.4 is 10.2 Å². The fourth-order valence-corrected chi connectivity index (χ4v) is 5.50. The molecule has 1 heterocycles. The second-order valence-corrected chi connectivity index (χ2v) is 10.5. The summed E-state index contributed by atoms with van der Waals surface area (Å²) in [6, 6.07) is 33.4. The summed E-state index contributed by atoms with van der Waals surface area (Å²) in [6.45, 7) is 0. The quantitative estimate of drug-likeness (QED) is 0.0899. The Hall–Kier alpha value is -4.66. The molecule has 0 atom stereocenters. The summed E-state index contributed by atoms with van der Waals surface area (Å²) in [5, 5.41) is 18.7. The zero-order chi connectivity index (χ0) is 28.2. The molecule has 0 aliphatic carbocycles. The Morgan fingerprint density at radius 3 is 2.24 bits per heavy atom. The van der Waals surface area contributed by atoms with Crippen LogP contribution in [0, 0.1) is 0 Å². The number of aromatic nitrogens is 3. The molecule has 0 fully saturated rings. The van der Waals surface area contributed by atoms with Gasteiger partial charge in [-0.1, -0.05) is 71.9 Å². The van der Waals surface area contributed by atoms with Gasteiger partial charge >= 0.3 is 0 Å². The fraction of sp³-hybridized carbons (Fsp3) is 0.0625. The molecule has 0 aliphatic rings. The molecule has 0 bridgehead atoms. The molecule has 41 heavy (non-hydrogen) atoms. The number of nitrogens with one attached hydrogen (secondary N) is 1. The SMILES string of the molecule is COc1ccc(-c2nnc(SCC(=O)N/N=C/c3c4ccccc4cc4ccccc34)n2-c2ccc(Cl)cc2)cc1. The van der Waals surface area contributed by atoms with E-state index in [9.17, 15) is 4.79 Å². The predicted molar refractivity (Wildman–Crippen MR) is 166 cm³/mol. The molecule has 1 amide bonds. The van der Waals surface area contributed by atoms with Crippen LogP contribution in [0.3, 0.4) is 0 Å². The van der Waals surface area contributed by atoms with Gasteiger partial charge in [-0.2, -0.15) is 5.10 Å². The van der Waals surface area contributed by atoms with Crippen LogP contribution in [0.25, 0.3) is 38.6 Å². The monoisotopic (exact) mass is 577 g/mol. The maximum Gasteiger partial charge on any atom is 0.250 e. The topological polar surface area (TPSA) is 81.4 Å².